The zero-order valence-corrected chi connectivity index (χ0v) is 9.76. The zero-order valence-electron chi connectivity index (χ0n) is 8.61. The van der Waals surface area contributed by atoms with Crippen molar-refractivity contribution in [2.75, 3.05) is 0 Å². The van der Waals surface area contributed by atoms with Gasteiger partial charge in [-0.1, -0.05) is 13.8 Å². The summed E-state index contributed by atoms with van der Waals surface area (Å²) in [6.07, 6.45) is 3.83. The zero-order chi connectivity index (χ0) is 9.59. The second-order valence-corrected chi connectivity index (χ2v) is 6.15. The van der Waals surface area contributed by atoms with Gasteiger partial charge < -0.3 is 5.11 Å². The highest BCUT2D eigenvalue weighted by molar-refractivity contribution is 7.17. The quantitative estimate of drug-likeness (QED) is 0.644. The molecule has 0 heterocycles. The van der Waals surface area contributed by atoms with Crippen molar-refractivity contribution < 1.29 is 5.11 Å². The van der Waals surface area contributed by atoms with Gasteiger partial charge in [0.2, 0.25) is 0 Å². The first-order chi connectivity index (χ1) is 6.11. The van der Waals surface area contributed by atoms with Gasteiger partial charge in [0, 0.05) is 0 Å². The van der Waals surface area contributed by atoms with E-state index in [0.29, 0.717) is 11.6 Å². The summed E-state index contributed by atoms with van der Waals surface area (Å²) in [5.41, 5.74) is 0.712. The maximum atomic E-state index is 9.71. The van der Waals surface area contributed by atoms with Gasteiger partial charge in [-0.2, -0.15) is 0 Å². The van der Waals surface area contributed by atoms with Crippen LogP contribution in [-0.2, 0) is 0 Å². The Balaban J connectivity index is 2.03. The maximum Gasteiger partial charge on any atom is 0.0576 e. The van der Waals surface area contributed by atoms with Gasteiger partial charge in [-0.3, -0.25) is 0 Å². The van der Waals surface area contributed by atoms with E-state index < -0.39 is 0 Å². The third-order valence-corrected chi connectivity index (χ3v) is 4.86. The molecule has 2 saturated carbocycles. The molecule has 0 aliphatic heterocycles. The van der Waals surface area contributed by atoms with E-state index in [1.165, 1.54) is 12.8 Å². The first kappa shape index (κ1) is 9.93. The van der Waals surface area contributed by atoms with E-state index in [0.717, 1.165) is 24.2 Å². The highest BCUT2D eigenvalue weighted by atomic mass is 31.0. The summed E-state index contributed by atoms with van der Waals surface area (Å²) < 4.78 is 0. The molecule has 1 N–H and O–H groups in total. The van der Waals surface area contributed by atoms with Crippen LogP contribution in [0.5, 0.6) is 0 Å². The van der Waals surface area contributed by atoms with Gasteiger partial charge in [-0.25, -0.2) is 0 Å². The molecule has 0 saturated heterocycles. The fourth-order valence-electron chi connectivity index (χ4n) is 3.53. The normalized spacial score (nSPS) is 52.2. The molecular weight excluding hydrogens is 179 g/mol. The Morgan fingerprint density at radius 3 is 2.62 bits per heavy atom. The largest absolute Gasteiger partial charge is 0.393 e. The van der Waals surface area contributed by atoms with E-state index in [-0.39, 0.29) is 6.10 Å². The minimum Gasteiger partial charge on any atom is -0.393 e. The lowest BCUT2D eigenvalue weighted by molar-refractivity contribution is -0.101. The Labute approximate surface area is 83.5 Å². The summed E-state index contributed by atoms with van der Waals surface area (Å²) in [6, 6.07) is 0. The molecule has 1 nitrogen and oxygen atoms in total. The van der Waals surface area contributed by atoms with Crippen LogP contribution in [0.3, 0.4) is 0 Å². The minimum atomic E-state index is 0.0200. The average Bonchev–Trinajstić information content (AvgIpc) is 2.01. The van der Waals surface area contributed by atoms with E-state index in [9.17, 15) is 5.11 Å². The van der Waals surface area contributed by atoms with E-state index in [2.05, 4.69) is 23.1 Å². The monoisotopic (exact) mass is 200 g/mol. The number of fused-ring (bicyclic) bond motifs is 1. The van der Waals surface area contributed by atoms with Crippen LogP contribution >= 0.6 is 9.24 Å². The van der Waals surface area contributed by atoms with E-state index in [1.807, 2.05) is 0 Å². The number of rotatable bonds is 1. The standard InChI is InChI=1S/C11H21OP/c1-6-9(7(2)13)4-3-8-5-10(12)11(6)8/h6-12H,3-5,13H2,1-2H3/t6?,7?,8-,9?,10+,11-/m1/s1. The minimum absolute atomic E-state index is 0.0200. The Hall–Kier alpha value is 0.390. The summed E-state index contributed by atoms with van der Waals surface area (Å²) in [4.78, 5) is 0. The maximum absolute atomic E-state index is 9.71. The Bertz CT molecular complexity index is 186. The molecule has 0 aromatic carbocycles. The van der Waals surface area contributed by atoms with Crippen LogP contribution in [0.4, 0.5) is 0 Å². The van der Waals surface area contributed by atoms with Crippen molar-refractivity contribution in [3.63, 3.8) is 0 Å². The molecule has 0 amide bonds. The van der Waals surface area contributed by atoms with Crippen molar-refractivity contribution in [2.45, 2.75) is 44.9 Å². The van der Waals surface area contributed by atoms with E-state index in [4.69, 9.17) is 0 Å². The van der Waals surface area contributed by atoms with Crippen LogP contribution in [0, 0.1) is 23.7 Å². The Kier molecular flexibility index (Phi) is 2.68. The number of hydrogen-bond acceptors (Lipinski definition) is 1. The third-order valence-electron chi connectivity index (χ3n) is 4.36. The molecule has 0 aromatic heterocycles. The number of aliphatic hydroxyl groups is 1. The number of aliphatic hydroxyl groups excluding tert-OH is 1. The second kappa shape index (κ2) is 3.51. The first-order valence-corrected chi connectivity index (χ1v) is 6.21. The van der Waals surface area contributed by atoms with Gasteiger partial charge in [0.05, 0.1) is 6.10 Å². The molecule has 2 heteroatoms. The Morgan fingerprint density at radius 1 is 1.38 bits per heavy atom. The van der Waals surface area contributed by atoms with Crippen LogP contribution in [0.2, 0.25) is 0 Å². The summed E-state index contributed by atoms with van der Waals surface area (Å²) >= 11 is 0. The molecule has 2 fully saturated rings. The molecule has 0 bridgehead atoms. The van der Waals surface area contributed by atoms with Crippen LogP contribution in [0.25, 0.3) is 0 Å². The molecule has 4 unspecified atom stereocenters. The van der Waals surface area contributed by atoms with Gasteiger partial charge in [-0.15, -0.1) is 9.24 Å². The van der Waals surface area contributed by atoms with Crippen LogP contribution < -0.4 is 0 Å². The topological polar surface area (TPSA) is 20.2 Å². The molecule has 2 rings (SSSR count). The number of hydrogen-bond donors (Lipinski definition) is 1. The average molecular weight is 200 g/mol. The van der Waals surface area contributed by atoms with E-state index in [1.54, 1.807) is 0 Å². The summed E-state index contributed by atoms with van der Waals surface area (Å²) in [5, 5.41) is 9.71. The smallest absolute Gasteiger partial charge is 0.0576 e. The van der Waals surface area contributed by atoms with Gasteiger partial charge in [0.25, 0.3) is 0 Å². The molecular formula is C11H21OP. The van der Waals surface area contributed by atoms with E-state index >= 15 is 0 Å². The van der Waals surface area contributed by atoms with Gasteiger partial charge in [-0.05, 0) is 48.6 Å². The van der Waals surface area contributed by atoms with Crippen LogP contribution in [0.15, 0.2) is 0 Å². The molecule has 2 aliphatic carbocycles. The van der Waals surface area contributed by atoms with Crippen molar-refractivity contribution in [3.8, 4) is 0 Å². The summed E-state index contributed by atoms with van der Waals surface area (Å²) in [6.45, 7) is 4.63. The van der Waals surface area contributed by atoms with Crippen molar-refractivity contribution in [1.82, 2.24) is 0 Å². The summed E-state index contributed by atoms with van der Waals surface area (Å²) in [5.74, 6) is 3.03. The van der Waals surface area contributed by atoms with Gasteiger partial charge in [0.15, 0.2) is 0 Å². The van der Waals surface area contributed by atoms with Crippen molar-refractivity contribution >= 4 is 9.24 Å². The summed E-state index contributed by atoms with van der Waals surface area (Å²) in [7, 11) is 2.93. The third kappa shape index (κ3) is 1.55. The van der Waals surface area contributed by atoms with Crippen LogP contribution in [-0.4, -0.2) is 16.9 Å². The lowest BCUT2D eigenvalue weighted by Gasteiger charge is -2.52. The first-order valence-electron chi connectivity index (χ1n) is 5.55. The van der Waals surface area contributed by atoms with Gasteiger partial charge in [0.1, 0.15) is 0 Å². The highest BCUT2D eigenvalue weighted by Crippen LogP contribution is 2.51. The van der Waals surface area contributed by atoms with Gasteiger partial charge >= 0.3 is 0 Å². The molecule has 0 radical (unpaired) electrons. The lowest BCUT2D eigenvalue weighted by atomic mass is 9.55. The Morgan fingerprint density at radius 2 is 2.08 bits per heavy atom. The fourth-order valence-corrected chi connectivity index (χ4v) is 4.07. The molecule has 76 valence electrons. The van der Waals surface area contributed by atoms with Crippen molar-refractivity contribution in [2.24, 2.45) is 23.7 Å². The van der Waals surface area contributed by atoms with Crippen LogP contribution in [0.1, 0.15) is 33.1 Å². The fraction of sp³-hybridized carbons (Fsp3) is 1.00. The predicted molar refractivity (Wildman–Crippen MR) is 58.7 cm³/mol. The molecule has 7 atom stereocenters. The highest BCUT2D eigenvalue weighted by Gasteiger charge is 2.48. The SMILES string of the molecule is CC(P)C1CC[C@@H]2C[C@H](O)[C@@H]2C1C. The molecule has 0 aromatic rings. The second-order valence-electron chi connectivity index (χ2n) is 5.10. The molecule has 0 spiro atoms. The molecule has 13 heavy (non-hydrogen) atoms. The molecule has 2 aliphatic rings. The predicted octanol–water partition coefficient (Wildman–Crippen LogP) is 2.29. The lowest BCUT2D eigenvalue weighted by Crippen LogP contribution is -2.51. The van der Waals surface area contributed by atoms with Crippen molar-refractivity contribution in [1.29, 1.82) is 0 Å². The van der Waals surface area contributed by atoms with Crippen molar-refractivity contribution in [3.05, 3.63) is 0 Å².